The van der Waals surface area contributed by atoms with Crippen molar-refractivity contribution in [3.05, 3.63) is 76.4 Å². The van der Waals surface area contributed by atoms with Crippen molar-refractivity contribution in [1.29, 1.82) is 0 Å². The number of carbonyl (C=O) groups excluding carboxylic acids is 1. The molecule has 136 valence electrons. The molecule has 0 saturated heterocycles. The average Bonchev–Trinajstić information content (AvgIpc) is 2.61. The van der Waals surface area contributed by atoms with Crippen molar-refractivity contribution < 1.29 is 13.6 Å². The lowest BCUT2D eigenvalue weighted by Crippen LogP contribution is -2.33. The molecule has 1 aliphatic heterocycles. The van der Waals surface area contributed by atoms with Gasteiger partial charge in [0.25, 0.3) is 5.91 Å². The number of aromatic nitrogens is 3. The number of carbonyl (C=O) groups is 1. The molecule has 5 nitrogen and oxygen atoms in total. The molecule has 2 aromatic heterocycles. The van der Waals surface area contributed by atoms with Gasteiger partial charge in [0.15, 0.2) is 0 Å². The van der Waals surface area contributed by atoms with Gasteiger partial charge in [-0.1, -0.05) is 0 Å². The zero-order valence-corrected chi connectivity index (χ0v) is 14.6. The molecule has 7 heteroatoms. The van der Waals surface area contributed by atoms with E-state index < -0.39 is 11.6 Å². The van der Waals surface area contributed by atoms with Crippen molar-refractivity contribution in [2.24, 2.45) is 0 Å². The first-order chi connectivity index (χ1) is 13.0. The third-order valence-corrected chi connectivity index (χ3v) is 4.53. The van der Waals surface area contributed by atoms with Gasteiger partial charge in [0, 0.05) is 36.5 Å². The summed E-state index contributed by atoms with van der Waals surface area (Å²) in [7, 11) is 0. The summed E-state index contributed by atoms with van der Waals surface area (Å²) >= 11 is 0. The van der Waals surface area contributed by atoms with Gasteiger partial charge < -0.3 is 5.32 Å². The summed E-state index contributed by atoms with van der Waals surface area (Å²) in [5.41, 5.74) is 4.63. The Balaban J connectivity index is 1.73. The largest absolute Gasteiger partial charge is 0.352 e. The standard InChI is InChI=1S/C20H16F2N4O/c1-11-9-24-19(16-2-3-23-20(27)18(11)16)17-8-15(25-10-26-17)6-12-4-13(21)7-14(22)5-12/h4-5,7-10H,2-3,6H2,1H3,(H,23,27). The summed E-state index contributed by atoms with van der Waals surface area (Å²) in [6.45, 7) is 2.40. The molecule has 0 unspecified atom stereocenters. The van der Waals surface area contributed by atoms with Gasteiger partial charge in [-0.15, -0.1) is 0 Å². The van der Waals surface area contributed by atoms with E-state index in [9.17, 15) is 13.6 Å². The molecular weight excluding hydrogens is 350 g/mol. The van der Waals surface area contributed by atoms with E-state index in [1.165, 1.54) is 18.5 Å². The Morgan fingerprint density at radius 2 is 1.85 bits per heavy atom. The minimum atomic E-state index is -0.625. The van der Waals surface area contributed by atoms with Crippen LogP contribution in [0.3, 0.4) is 0 Å². The van der Waals surface area contributed by atoms with Gasteiger partial charge in [-0.25, -0.2) is 18.7 Å². The molecule has 3 heterocycles. The molecule has 0 radical (unpaired) electrons. The summed E-state index contributed by atoms with van der Waals surface area (Å²) in [5.74, 6) is -1.36. The number of pyridine rings is 1. The number of nitrogens with zero attached hydrogens (tertiary/aromatic N) is 3. The van der Waals surface area contributed by atoms with Gasteiger partial charge in [0.1, 0.15) is 18.0 Å². The highest BCUT2D eigenvalue weighted by atomic mass is 19.1. The van der Waals surface area contributed by atoms with Crippen LogP contribution >= 0.6 is 0 Å². The Hall–Kier alpha value is -3.22. The monoisotopic (exact) mass is 366 g/mol. The molecular formula is C20H16F2N4O. The highest BCUT2D eigenvalue weighted by molar-refractivity contribution is 5.99. The lowest BCUT2D eigenvalue weighted by atomic mass is 9.94. The van der Waals surface area contributed by atoms with E-state index in [1.807, 2.05) is 6.92 Å². The number of fused-ring (bicyclic) bond motifs is 1. The zero-order valence-electron chi connectivity index (χ0n) is 14.6. The molecule has 0 aliphatic carbocycles. The molecule has 0 bridgehead atoms. The van der Waals surface area contributed by atoms with Crippen molar-refractivity contribution >= 4 is 5.91 Å². The third kappa shape index (κ3) is 3.40. The van der Waals surface area contributed by atoms with E-state index in [4.69, 9.17) is 0 Å². The lowest BCUT2D eigenvalue weighted by Gasteiger charge is -2.20. The Labute approximate surface area is 154 Å². The molecule has 0 atom stereocenters. The first kappa shape index (κ1) is 17.2. The van der Waals surface area contributed by atoms with Crippen LogP contribution in [0.5, 0.6) is 0 Å². The molecule has 1 amide bonds. The van der Waals surface area contributed by atoms with Gasteiger partial charge >= 0.3 is 0 Å². The molecule has 0 spiro atoms. The van der Waals surface area contributed by atoms with Crippen molar-refractivity contribution in [2.45, 2.75) is 19.8 Å². The third-order valence-electron chi connectivity index (χ3n) is 4.53. The second kappa shape index (κ2) is 6.83. The fourth-order valence-corrected chi connectivity index (χ4v) is 3.38. The maximum atomic E-state index is 13.4. The van der Waals surface area contributed by atoms with Crippen LogP contribution in [0.4, 0.5) is 8.78 Å². The van der Waals surface area contributed by atoms with Gasteiger partial charge in [0.05, 0.1) is 11.4 Å². The Kier molecular flexibility index (Phi) is 4.35. The summed E-state index contributed by atoms with van der Waals surface area (Å²) in [5, 5.41) is 2.84. The summed E-state index contributed by atoms with van der Waals surface area (Å²) in [4.78, 5) is 25.2. The predicted molar refractivity (Wildman–Crippen MR) is 95.2 cm³/mol. The number of rotatable bonds is 3. The average molecular weight is 366 g/mol. The molecule has 1 aliphatic rings. The highest BCUT2D eigenvalue weighted by Crippen LogP contribution is 2.27. The Morgan fingerprint density at radius 3 is 2.63 bits per heavy atom. The van der Waals surface area contributed by atoms with E-state index in [0.29, 0.717) is 41.2 Å². The minimum absolute atomic E-state index is 0.109. The van der Waals surface area contributed by atoms with Crippen LogP contribution in [0, 0.1) is 18.6 Å². The zero-order chi connectivity index (χ0) is 19.0. The predicted octanol–water partition coefficient (Wildman–Crippen LogP) is 3.00. The Bertz CT molecular complexity index is 1030. The quantitative estimate of drug-likeness (QED) is 0.774. The number of hydrogen-bond donors (Lipinski definition) is 1. The van der Waals surface area contributed by atoms with Crippen molar-refractivity contribution in [3.8, 4) is 11.4 Å². The van der Waals surface area contributed by atoms with Gasteiger partial charge in [-0.3, -0.25) is 9.78 Å². The minimum Gasteiger partial charge on any atom is -0.352 e. The van der Waals surface area contributed by atoms with Gasteiger partial charge in [-0.2, -0.15) is 0 Å². The highest BCUT2D eigenvalue weighted by Gasteiger charge is 2.24. The topological polar surface area (TPSA) is 67.8 Å². The van der Waals surface area contributed by atoms with Crippen LogP contribution in [-0.2, 0) is 12.8 Å². The smallest absolute Gasteiger partial charge is 0.251 e. The summed E-state index contributed by atoms with van der Waals surface area (Å²) in [6, 6.07) is 5.14. The first-order valence-corrected chi connectivity index (χ1v) is 8.54. The summed E-state index contributed by atoms with van der Waals surface area (Å²) in [6.07, 6.45) is 3.98. The Morgan fingerprint density at radius 1 is 1.07 bits per heavy atom. The van der Waals surface area contributed by atoms with Crippen molar-refractivity contribution in [2.75, 3.05) is 6.54 Å². The fourth-order valence-electron chi connectivity index (χ4n) is 3.38. The first-order valence-electron chi connectivity index (χ1n) is 8.54. The van der Waals surface area contributed by atoms with Crippen molar-refractivity contribution in [3.63, 3.8) is 0 Å². The SMILES string of the molecule is Cc1cnc(-c2cc(Cc3cc(F)cc(F)c3)ncn2)c2c1C(=O)NCC2. The van der Waals surface area contributed by atoms with E-state index in [-0.39, 0.29) is 12.3 Å². The number of nitrogens with one attached hydrogen (secondary N) is 1. The number of benzene rings is 1. The normalized spacial score (nSPS) is 13.2. The van der Waals surface area contributed by atoms with Gasteiger partial charge in [-0.05, 0) is 48.2 Å². The van der Waals surface area contributed by atoms with E-state index in [0.717, 1.165) is 17.2 Å². The van der Waals surface area contributed by atoms with Gasteiger partial charge in [0.2, 0.25) is 0 Å². The van der Waals surface area contributed by atoms with E-state index in [2.05, 4.69) is 20.3 Å². The lowest BCUT2D eigenvalue weighted by molar-refractivity contribution is 0.0945. The van der Waals surface area contributed by atoms with Crippen LogP contribution in [-0.4, -0.2) is 27.4 Å². The van der Waals surface area contributed by atoms with E-state index in [1.54, 1.807) is 12.3 Å². The van der Waals surface area contributed by atoms with Crippen molar-refractivity contribution in [1.82, 2.24) is 20.3 Å². The van der Waals surface area contributed by atoms with Crippen LogP contribution < -0.4 is 5.32 Å². The fraction of sp³-hybridized carbons (Fsp3) is 0.200. The second-order valence-corrected chi connectivity index (χ2v) is 6.50. The number of halogens is 2. The van der Waals surface area contributed by atoms with E-state index >= 15 is 0 Å². The molecule has 4 rings (SSSR count). The number of aryl methyl sites for hydroxylation is 1. The van der Waals surface area contributed by atoms with Crippen LogP contribution in [0.1, 0.15) is 32.7 Å². The second-order valence-electron chi connectivity index (χ2n) is 6.50. The molecule has 1 N–H and O–H groups in total. The molecule has 3 aromatic rings. The number of amides is 1. The summed E-state index contributed by atoms with van der Waals surface area (Å²) < 4.78 is 26.8. The molecule has 0 saturated carbocycles. The van der Waals surface area contributed by atoms with Crippen LogP contribution in [0.2, 0.25) is 0 Å². The maximum Gasteiger partial charge on any atom is 0.251 e. The number of hydrogen-bond acceptors (Lipinski definition) is 4. The van der Waals surface area contributed by atoms with Crippen LogP contribution in [0.25, 0.3) is 11.4 Å². The molecule has 0 fully saturated rings. The molecule has 1 aromatic carbocycles. The molecule has 27 heavy (non-hydrogen) atoms. The maximum absolute atomic E-state index is 13.4. The van der Waals surface area contributed by atoms with Crippen LogP contribution in [0.15, 0.2) is 36.8 Å².